The summed E-state index contributed by atoms with van der Waals surface area (Å²) in [6.45, 7) is 17.6. The molecule has 0 heterocycles. The molecule has 172 valence electrons. The molecule has 0 aromatic heterocycles. The molecule has 0 saturated carbocycles. The van der Waals surface area contributed by atoms with Crippen LogP contribution in [0.4, 0.5) is 0 Å². The fourth-order valence-corrected chi connectivity index (χ4v) is 5.22. The maximum absolute atomic E-state index is 4.43. The van der Waals surface area contributed by atoms with E-state index in [0.29, 0.717) is 0 Å². The van der Waals surface area contributed by atoms with E-state index in [4.69, 9.17) is 0 Å². The van der Waals surface area contributed by atoms with E-state index in [1.54, 1.807) is 0 Å². The quantitative estimate of drug-likeness (QED) is 0.344. The fourth-order valence-electron chi connectivity index (χ4n) is 5.22. The van der Waals surface area contributed by atoms with Gasteiger partial charge in [-0.15, -0.1) is 0 Å². The highest BCUT2D eigenvalue weighted by molar-refractivity contribution is 5.89. The summed E-state index contributed by atoms with van der Waals surface area (Å²) in [5.74, 6) is 0. The van der Waals surface area contributed by atoms with Gasteiger partial charge in [0.15, 0.2) is 0 Å². The Morgan fingerprint density at radius 2 is 1.41 bits per heavy atom. The normalized spacial score (nSPS) is 13.7. The minimum Gasteiger partial charge on any atom is -0.0911 e. The first-order chi connectivity index (χ1) is 16.3. The summed E-state index contributed by atoms with van der Waals surface area (Å²) < 4.78 is 0. The van der Waals surface area contributed by atoms with Gasteiger partial charge in [0, 0.05) is 0 Å². The molecule has 3 aromatic rings. The fraction of sp³-hybridized carbons (Fsp3) is 0.235. The van der Waals surface area contributed by atoms with Crippen molar-refractivity contribution < 1.29 is 0 Å². The Kier molecular flexibility index (Phi) is 6.89. The monoisotopic (exact) mass is 444 g/mol. The number of aryl methyl sites for hydroxylation is 5. The molecule has 3 aromatic carbocycles. The van der Waals surface area contributed by atoms with Gasteiger partial charge in [-0.1, -0.05) is 84.0 Å². The predicted octanol–water partition coefficient (Wildman–Crippen LogP) is 9.66. The van der Waals surface area contributed by atoms with E-state index in [-0.39, 0.29) is 0 Å². The number of hydrogen-bond donors (Lipinski definition) is 0. The third-order valence-corrected chi connectivity index (χ3v) is 6.92. The van der Waals surface area contributed by atoms with Crippen molar-refractivity contribution in [3.8, 4) is 22.3 Å². The van der Waals surface area contributed by atoms with E-state index < -0.39 is 0 Å². The molecule has 1 aliphatic rings. The molecule has 0 amide bonds. The van der Waals surface area contributed by atoms with Crippen molar-refractivity contribution in [3.63, 3.8) is 0 Å². The minimum atomic E-state index is 1.09. The average Bonchev–Trinajstić information content (AvgIpc) is 2.79. The molecular weight excluding hydrogens is 408 g/mol. The van der Waals surface area contributed by atoms with E-state index >= 15 is 0 Å². The summed E-state index contributed by atoms with van der Waals surface area (Å²) in [7, 11) is 0. The van der Waals surface area contributed by atoms with E-state index in [1.807, 2.05) is 13.0 Å². The number of fused-ring (bicyclic) bond motifs is 1. The van der Waals surface area contributed by atoms with Crippen LogP contribution >= 0.6 is 0 Å². The molecule has 0 aliphatic heterocycles. The van der Waals surface area contributed by atoms with Crippen LogP contribution < -0.4 is 0 Å². The molecule has 0 atom stereocenters. The lowest BCUT2D eigenvalue weighted by atomic mass is 9.79. The Balaban J connectivity index is 1.85. The summed E-state index contributed by atoms with van der Waals surface area (Å²) in [4.78, 5) is 0. The lowest BCUT2D eigenvalue weighted by molar-refractivity contribution is 0.917. The van der Waals surface area contributed by atoms with Crippen LogP contribution in [0.5, 0.6) is 0 Å². The van der Waals surface area contributed by atoms with Crippen LogP contribution in [0.1, 0.15) is 53.6 Å². The van der Waals surface area contributed by atoms with Crippen LogP contribution in [-0.4, -0.2) is 0 Å². The molecular formula is C34H36. The number of benzene rings is 3. The zero-order valence-electron chi connectivity index (χ0n) is 21.5. The molecule has 0 heteroatoms. The molecule has 0 N–H and O–H groups in total. The average molecular weight is 445 g/mol. The molecule has 1 aliphatic carbocycles. The topological polar surface area (TPSA) is 0 Å². The zero-order valence-corrected chi connectivity index (χ0v) is 21.5. The molecule has 0 radical (unpaired) electrons. The first kappa shape index (κ1) is 23.8. The zero-order chi connectivity index (χ0) is 24.4. The van der Waals surface area contributed by atoms with Crippen molar-refractivity contribution in [2.45, 2.75) is 54.4 Å². The van der Waals surface area contributed by atoms with Crippen molar-refractivity contribution >= 4 is 5.57 Å². The van der Waals surface area contributed by atoms with Crippen molar-refractivity contribution in [2.24, 2.45) is 0 Å². The molecule has 34 heavy (non-hydrogen) atoms. The Morgan fingerprint density at radius 1 is 0.706 bits per heavy atom. The van der Waals surface area contributed by atoms with Gasteiger partial charge in [-0.2, -0.15) is 0 Å². The third-order valence-electron chi connectivity index (χ3n) is 6.92. The van der Waals surface area contributed by atoms with Gasteiger partial charge in [0.1, 0.15) is 0 Å². The van der Waals surface area contributed by atoms with E-state index in [9.17, 15) is 0 Å². The van der Waals surface area contributed by atoms with Crippen LogP contribution in [0.25, 0.3) is 27.8 Å². The SMILES string of the molecule is C=C(/C=C\C=C/C)C1=C(C)CCc2cc(C)c(-c3cc(-c4cc(C)cc(C)c4)ccc3C)cc21. The van der Waals surface area contributed by atoms with Gasteiger partial charge in [-0.25, -0.2) is 0 Å². The van der Waals surface area contributed by atoms with Gasteiger partial charge in [0.25, 0.3) is 0 Å². The van der Waals surface area contributed by atoms with Gasteiger partial charge < -0.3 is 0 Å². The number of rotatable bonds is 5. The lowest BCUT2D eigenvalue weighted by Gasteiger charge is -2.25. The van der Waals surface area contributed by atoms with Gasteiger partial charge in [0.2, 0.25) is 0 Å². The summed E-state index contributed by atoms with van der Waals surface area (Å²) in [6, 6.07) is 18.5. The molecule has 0 unspecified atom stereocenters. The van der Waals surface area contributed by atoms with Crippen LogP contribution in [0, 0.1) is 27.7 Å². The second kappa shape index (κ2) is 9.85. The second-order valence-electron chi connectivity index (χ2n) is 9.80. The molecule has 4 rings (SSSR count). The minimum absolute atomic E-state index is 1.09. The summed E-state index contributed by atoms with van der Waals surface area (Å²) in [5.41, 5.74) is 17.1. The van der Waals surface area contributed by atoms with Crippen molar-refractivity contribution in [2.75, 3.05) is 0 Å². The second-order valence-corrected chi connectivity index (χ2v) is 9.80. The highest BCUT2D eigenvalue weighted by Crippen LogP contribution is 2.41. The van der Waals surface area contributed by atoms with E-state index in [0.717, 1.165) is 18.4 Å². The Hall–Kier alpha value is -3.38. The largest absolute Gasteiger partial charge is 0.0911 e. The molecule has 0 bridgehead atoms. The van der Waals surface area contributed by atoms with Crippen LogP contribution in [0.15, 0.2) is 90.6 Å². The summed E-state index contributed by atoms with van der Waals surface area (Å²) in [6.07, 6.45) is 10.5. The maximum Gasteiger partial charge on any atom is -0.0125 e. The standard InChI is InChI=1S/C34H36/c1-8-9-10-11-25(5)34-26(6)13-15-29-19-27(7)32(21-33(29)34)31-20-28(14-12-24(31)4)30-17-22(2)16-23(3)18-30/h8-12,14,16-21H,5,13,15H2,1-4,6-7H3/b9-8-,11-10-. The van der Waals surface area contributed by atoms with Gasteiger partial charge in [0.05, 0.1) is 0 Å². The smallest absolute Gasteiger partial charge is 0.0125 e. The molecule has 0 fully saturated rings. The van der Waals surface area contributed by atoms with Gasteiger partial charge >= 0.3 is 0 Å². The van der Waals surface area contributed by atoms with Crippen molar-refractivity contribution in [3.05, 3.63) is 124 Å². The molecule has 0 saturated heterocycles. The summed E-state index contributed by atoms with van der Waals surface area (Å²) >= 11 is 0. The Morgan fingerprint density at radius 3 is 2.12 bits per heavy atom. The van der Waals surface area contributed by atoms with E-state index in [1.165, 1.54) is 66.8 Å². The third kappa shape index (κ3) is 4.77. The predicted molar refractivity (Wildman–Crippen MR) is 150 cm³/mol. The summed E-state index contributed by atoms with van der Waals surface area (Å²) in [5, 5.41) is 0. The first-order valence-electron chi connectivity index (χ1n) is 12.3. The van der Waals surface area contributed by atoms with E-state index in [2.05, 4.69) is 108 Å². The van der Waals surface area contributed by atoms with Gasteiger partial charge in [-0.3, -0.25) is 0 Å². The van der Waals surface area contributed by atoms with Crippen molar-refractivity contribution in [1.82, 2.24) is 0 Å². The van der Waals surface area contributed by atoms with Gasteiger partial charge in [-0.05, 0) is 122 Å². The Labute approximate surface area is 206 Å². The lowest BCUT2D eigenvalue weighted by Crippen LogP contribution is -2.06. The van der Waals surface area contributed by atoms with Crippen LogP contribution in [0.3, 0.4) is 0 Å². The van der Waals surface area contributed by atoms with Crippen LogP contribution in [-0.2, 0) is 6.42 Å². The molecule has 0 nitrogen and oxygen atoms in total. The Bertz CT molecular complexity index is 1330. The first-order valence-corrected chi connectivity index (χ1v) is 12.3. The maximum atomic E-state index is 4.43. The number of allylic oxidation sites excluding steroid dienone is 7. The molecule has 0 spiro atoms. The van der Waals surface area contributed by atoms with Crippen LogP contribution in [0.2, 0.25) is 0 Å². The van der Waals surface area contributed by atoms with Crippen molar-refractivity contribution in [1.29, 1.82) is 0 Å². The number of hydrogen-bond acceptors (Lipinski definition) is 0. The highest BCUT2D eigenvalue weighted by Gasteiger charge is 2.20. The highest BCUT2D eigenvalue weighted by atomic mass is 14.2.